The first-order valence-corrected chi connectivity index (χ1v) is 5.87. The van der Waals surface area contributed by atoms with Gasteiger partial charge in [-0.2, -0.15) is 0 Å². The molecule has 0 bridgehead atoms. The maximum absolute atomic E-state index is 11.7. The second-order valence-electron chi connectivity index (χ2n) is 3.82. The van der Waals surface area contributed by atoms with E-state index >= 15 is 0 Å². The Morgan fingerprint density at radius 1 is 1.26 bits per heavy atom. The number of carbonyl (C=O) groups is 1. The van der Waals surface area contributed by atoms with Crippen LogP contribution in [0.2, 0.25) is 0 Å². The smallest absolute Gasteiger partial charge is 0.224 e. The van der Waals surface area contributed by atoms with Crippen molar-refractivity contribution in [3.63, 3.8) is 0 Å². The first kappa shape index (κ1) is 17.5. The van der Waals surface area contributed by atoms with Gasteiger partial charge in [-0.3, -0.25) is 4.79 Å². The Morgan fingerprint density at radius 2 is 2.00 bits per heavy atom. The van der Waals surface area contributed by atoms with Crippen LogP contribution < -0.4 is 20.1 Å². The summed E-state index contributed by atoms with van der Waals surface area (Å²) in [6, 6.07) is 5.29. The third kappa shape index (κ3) is 5.81. The minimum atomic E-state index is -0.0197. The molecule has 0 spiro atoms. The molecule has 6 heteroatoms. The summed E-state index contributed by atoms with van der Waals surface area (Å²) < 4.78 is 10.3. The lowest BCUT2D eigenvalue weighted by Gasteiger charge is -2.11. The van der Waals surface area contributed by atoms with E-state index in [1.807, 2.05) is 7.05 Å². The average molecular weight is 289 g/mol. The van der Waals surface area contributed by atoms with E-state index in [0.29, 0.717) is 23.6 Å². The third-order valence-corrected chi connectivity index (χ3v) is 2.51. The topological polar surface area (TPSA) is 59.6 Å². The Labute approximate surface area is 120 Å². The summed E-state index contributed by atoms with van der Waals surface area (Å²) in [5.74, 6) is 1.27. The van der Waals surface area contributed by atoms with Crippen LogP contribution in [-0.2, 0) is 4.79 Å². The Bertz CT molecular complexity index is 399. The molecule has 1 aromatic rings. The molecule has 108 valence electrons. The largest absolute Gasteiger partial charge is 0.497 e. The SMILES string of the molecule is CNCCCC(=O)Nc1ccc(OC)cc1OC.Cl. The molecule has 0 aliphatic heterocycles. The molecular weight excluding hydrogens is 268 g/mol. The molecule has 5 nitrogen and oxygen atoms in total. The number of benzene rings is 1. The summed E-state index contributed by atoms with van der Waals surface area (Å²) in [5, 5.41) is 5.83. The van der Waals surface area contributed by atoms with Gasteiger partial charge in [0, 0.05) is 12.5 Å². The molecule has 1 aromatic carbocycles. The summed E-state index contributed by atoms with van der Waals surface area (Å²) in [7, 11) is 5.01. The van der Waals surface area contributed by atoms with Crippen LogP contribution in [0.1, 0.15) is 12.8 Å². The van der Waals surface area contributed by atoms with Crippen molar-refractivity contribution in [3.8, 4) is 11.5 Å². The number of halogens is 1. The van der Waals surface area contributed by atoms with Crippen molar-refractivity contribution in [3.05, 3.63) is 18.2 Å². The Hall–Kier alpha value is -1.46. The monoisotopic (exact) mass is 288 g/mol. The van der Waals surface area contributed by atoms with Gasteiger partial charge in [0.15, 0.2) is 0 Å². The van der Waals surface area contributed by atoms with Crippen LogP contribution in [0.25, 0.3) is 0 Å². The molecule has 1 rings (SSSR count). The van der Waals surface area contributed by atoms with E-state index in [-0.39, 0.29) is 18.3 Å². The summed E-state index contributed by atoms with van der Waals surface area (Å²) in [4.78, 5) is 11.7. The van der Waals surface area contributed by atoms with Crippen molar-refractivity contribution >= 4 is 24.0 Å². The van der Waals surface area contributed by atoms with E-state index in [1.165, 1.54) is 0 Å². The van der Waals surface area contributed by atoms with Gasteiger partial charge >= 0.3 is 0 Å². The van der Waals surface area contributed by atoms with Crippen LogP contribution in [0.4, 0.5) is 5.69 Å². The van der Waals surface area contributed by atoms with Crippen molar-refractivity contribution in [1.82, 2.24) is 5.32 Å². The van der Waals surface area contributed by atoms with Crippen molar-refractivity contribution in [2.75, 3.05) is 33.1 Å². The van der Waals surface area contributed by atoms with E-state index < -0.39 is 0 Å². The van der Waals surface area contributed by atoms with Gasteiger partial charge in [-0.05, 0) is 32.1 Å². The van der Waals surface area contributed by atoms with Crippen LogP contribution in [0, 0.1) is 0 Å². The highest BCUT2D eigenvalue weighted by atomic mass is 35.5. The first-order chi connectivity index (χ1) is 8.71. The van der Waals surface area contributed by atoms with Crippen LogP contribution in [0.5, 0.6) is 11.5 Å². The number of carbonyl (C=O) groups excluding carboxylic acids is 1. The minimum absolute atomic E-state index is 0. The Balaban J connectivity index is 0.00000324. The molecule has 0 atom stereocenters. The maximum Gasteiger partial charge on any atom is 0.224 e. The molecule has 0 radical (unpaired) electrons. The molecule has 0 heterocycles. The lowest BCUT2D eigenvalue weighted by molar-refractivity contribution is -0.116. The van der Waals surface area contributed by atoms with E-state index in [4.69, 9.17) is 9.47 Å². The number of hydrogen-bond donors (Lipinski definition) is 2. The summed E-state index contributed by atoms with van der Waals surface area (Å²) in [5.41, 5.74) is 0.660. The van der Waals surface area contributed by atoms with Crippen molar-refractivity contribution < 1.29 is 14.3 Å². The summed E-state index contributed by atoms with van der Waals surface area (Å²) >= 11 is 0. The highest BCUT2D eigenvalue weighted by Crippen LogP contribution is 2.29. The third-order valence-electron chi connectivity index (χ3n) is 2.51. The average Bonchev–Trinajstić information content (AvgIpc) is 2.39. The molecule has 0 saturated carbocycles. The number of rotatable bonds is 7. The van der Waals surface area contributed by atoms with Gasteiger partial charge in [0.1, 0.15) is 11.5 Å². The van der Waals surface area contributed by atoms with Crippen LogP contribution in [0.3, 0.4) is 0 Å². The second-order valence-corrected chi connectivity index (χ2v) is 3.82. The van der Waals surface area contributed by atoms with E-state index in [9.17, 15) is 4.79 Å². The molecule has 0 unspecified atom stereocenters. The summed E-state index contributed by atoms with van der Waals surface area (Å²) in [6.45, 7) is 0.827. The standard InChI is InChI=1S/C13H20N2O3.ClH/c1-14-8-4-5-13(16)15-11-7-6-10(17-2)9-12(11)18-3;/h6-7,9,14H,4-5,8H2,1-3H3,(H,15,16);1H. The van der Waals surface area contributed by atoms with Gasteiger partial charge in [0.25, 0.3) is 0 Å². The molecule has 1 amide bonds. The zero-order valence-corrected chi connectivity index (χ0v) is 12.3. The van der Waals surface area contributed by atoms with E-state index in [1.54, 1.807) is 32.4 Å². The second kappa shape index (κ2) is 9.47. The van der Waals surface area contributed by atoms with Gasteiger partial charge < -0.3 is 20.1 Å². The molecule has 0 aliphatic carbocycles. The van der Waals surface area contributed by atoms with Crippen LogP contribution in [0.15, 0.2) is 18.2 Å². The summed E-state index contributed by atoms with van der Waals surface area (Å²) in [6.07, 6.45) is 1.29. The lowest BCUT2D eigenvalue weighted by Crippen LogP contribution is -2.15. The number of methoxy groups -OCH3 is 2. The van der Waals surface area contributed by atoms with Crippen LogP contribution >= 0.6 is 12.4 Å². The molecule has 2 N–H and O–H groups in total. The molecule has 0 saturated heterocycles. The van der Waals surface area contributed by atoms with Gasteiger partial charge in [-0.15, -0.1) is 12.4 Å². The van der Waals surface area contributed by atoms with Gasteiger partial charge in [0.2, 0.25) is 5.91 Å². The highest BCUT2D eigenvalue weighted by molar-refractivity contribution is 5.92. The first-order valence-electron chi connectivity index (χ1n) is 5.87. The van der Waals surface area contributed by atoms with Crippen molar-refractivity contribution in [1.29, 1.82) is 0 Å². The number of anilines is 1. The quantitative estimate of drug-likeness (QED) is 0.754. The maximum atomic E-state index is 11.7. The fourth-order valence-corrected chi connectivity index (χ4v) is 1.54. The molecular formula is C13H21ClN2O3. The van der Waals surface area contributed by atoms with Crippen molar-refractivity contribution in [2.45, 2.75) is 12.8 Å². The molecule has 0 fully saturated rings. The lowest BCUT2D eigenvalue weighted by atomic mass is 10.2. The predicted molar refractivity (Wildman–Crippen MR) is 78.6 cm³/mol. The van der Waals surface area contributed by atoms with Crippen LogP contribution in [-0.4, -0.2) is 33.7 Å². The molecule has 0 aromatic heterocycles. The number of ether oxygens (including phenoxy) is 2. The Morgan fingerprint density at radius 3 is 2.58 bits per heavy atom. The molecule has 0 aliphatic rings. The number of nitrogens with one attached hydrogen (secondary N) is 2. The van der Waals surface area contributed by atoms with Crippen molar-refractivity contribution in [2.24, 2.45) is 0 Å². The zero-order valence-electron chi connectivity index (χ0n) is 11.5. The van der Waals surface area contributed by atoms with Gasteiger partial charge in [-0.1, -0.05) is 0 Å². The molecule has 19 heavy (non-hydrogen) atoms. The Kier molecular flexibility index (Phi) is 8.74. The normalized spacial score (nSPS) is 9.42. The number of hydrogen-bond acceptors (Lipinski definition) is 4. The van der Waals surface area contributed by atoms with Gasteiger partial charge in [0.05, 0.1) is 19.9 Å². The predicted octanol–water partition coefficient (Wildman–Crippen LogP) is 2.06. The number of amides is 1. The van der Waals surface area contributed by atoms with E-state index in [2.05, 4.69) is 10.6 Å². The fraction of sp³-hybridized carbons (Fsp3) is 0.462. The van der Waals surface area contributed by atoms with E-state index in [0.717, 1.165) is 13.0 Å². The fourth-order valence-electron chi connectivity index (χ4n) is 1.54. The van der Waals surface area contributed by atoms with Gasteiger partial charge in [-0.25, -0.2) is 0 Å². The zero-order chi connectivity index (χ0) is 13.4. The minimum Gasteiger partial charge on any atom is -0.497 e. The highest BCUT2D eigenvalue weighted by Gasteiger charge is 2.08.